The summed E-state index contributed by atoms with van der Waals surface area (Å²) in [6.07, 6.45) is 13.6. The van der Waals surface area contributed by atoms with Crippen LogP contribution in [0.4, 0.5) is 4.39 Å². The summed E-state index contributed by atoms with van der Waals surface area (Å²) in [5.41, 5.74) is 2.88. The average Bonchev–Trinajstić information content (AvgIpc) is 2.80. The third-order valence-electron chi connectivity index (χ3n) is 7.17. The van der Waals surface area contributed by atoms with E-state index in [4.69, 9.17) is 11.6 Å². The maximum Gasteiger partial charge on any atom is 0.138 e. The van der Waals surface area contributed by atoms with Gasteiger partial charge < -0.3 is 0 Å². The van der Waals surface area contributed by atoms with Gasteiger partial charge in [0.15, 0.2) is 0 Å². The SMILES string of the molecule is CCCCCCC[C@H]1CC[C@H](c2ccc3c(F)c(-c4ccc(Cl)cc4)ccc3c2)CC1. The zero-order valence-electron chi connectivity index (χ0n) is 18.7. The highest BCUT2D eigenvalue weighted by molar-refractivity contribution is 6.30. The van der Waals surface area contributed by atoms with Crippen LogP contribution in [-0.2, 0) is 0 Å². The molecule has 1 saturated carbocycles. The van der Waals surface area contributed by atoms with Gasteiger partial charge in [-0.1, -0.05) is 99.5 Å². The van der Waals surface area contributed by atoms with Crippen molar-refractivity contribution in [1.29, 1.82) is 0 Å². The van der Waals surface area contributed by atoms with Crippen molar-refractivity contribution in [2.24, 2.45) is 5.92 Å². The van der Waals surface area contributed by atoms with Crippen LogP contribution in [-0.4, -0.2) is 0 Å². The number of rotatable bonds is 8. The van der Waals surface area contributed by atoms with Crippen LogP contribution in [0.25, 0.3) is 21.9 Å². The number of hydrogen-bond donors (Lipinski definition) is 0. The minimum atomic E-state index is -0.141. The molecular formula is C29H34ClF. The molecule has 164 valence electrons. The van der Waals surface area contributed by atoms with E-state index in [0.29, 0.717) is 21.9 Å². The molecule has 0 bridgehead atoms. The zero-order valence-corrected chi connectivity index (χ0v) is 19.4. The lowest BCUT2D eigenvalue weighted by molar-refractivity contribution is 0.302. The summed E-state index contributed by atoms with van der Waals surface area (Å²) < 4.78 is 15.2. The lowest BCUT2D eigenvalue weighted by atomic mass is 9.76. The second-order valence-electron chi connectivity index (χ2n) is 9.34. The molecule has 0 radical (unpaired) electrons. The molecule has 0 aliphatic heterocycles. The zero-order chi connectivity index (χ0) is 21.6. The van der Waals surface area contributed by atoms with Crippen LogP contribution in [0.1, 0.15) is 82.6 Å². The molecule has 1 aliphatic carbocycles. The van der Waals surface area contributed by atoms with Crippen molar-refractivity contribution in [2.45, 2.75) is 77.0 Å². The Hall–Kier alpha value is -1.86. The molecule has 0 spiro atoms. The Labute approximate surface area is 191 Å². The van der Waals surface area contributed by atoms with E-state index in [1.54, 1.807) is 0 Å². The first-order chi connectivity index (χ1) is 15.2. The molecule has 0 amide bonds. The monoisotopic (exact) mass is 436 g/mol. The van der Waals surface area contributed by atoms with Crippen LogP contribution in [0.15, 0.2) is 54.6 Å². The molecule has 3 aromatic carbocycles. The predicted octanol–water partition coefficient (Wildman–Crippen LogP) is 9.93. The summed E-state index contributed by atoms with van der Waals surface area (Å²) in [5, 5.41) is 2.38. The van der Waals surface area contributed by atoms with Crippen LogP contribution in [0, 0.1) is 11.7 Å². The maximum atomic E-state index is 15.2. The van der Waals surface area contributed by atoms with Crippen LogP contribution in [0.2, 0.25) is 5.02 Å². The molecule has 0 heterocycles. The van der Waals surface area contributed by atoms with Gasteiger partial charge in [-0.05, 0) is 66.2 Å². The van der Waals surface area contributed by atoms with Gasteiger partial charge in [-0.15, -0.1) is 0 Å². The summed E-state index contributed by atoms with van der Waals surface area (Å²) in [6, 6.07) is 17.7. The highest BCUT2D eigenvalue weighted by Gasteiger charge is 2.22. The second-order valence-corrected chi connectivity index (χ2v) is 9.77. The number of unbranched alkanes of at least 4 members (excludes halogenated alkanes) is 4. The van der Waals surface area contributed by atoms with E-state index in [0.717, 1.165) is 16.9 Å². The molecule has 4 rings (SSSR count). The van der Waals surface area contributed by atoms with E-state index in [2.05, 4.69) is 25.1 Å². The van der Waals surface area contributed by atoms with E-state index in [9.17, 15) is 0 Å². The third kappa shape index (κ3) is 5.50. The van der Waals surface area contributed by atoms with Gasteiger partial charge in [0.2, 0.25) is 0 Å². The molecule has 0 aromatic heterocycles. The van der Waals surface area contributed by atoms with Gasteiger partial charge in [0, 0.05) is 16.0 Å². The Bertz CT molecular complexity index is 984. The number of halogens is 2. The number of fused-ring (bicyclic) bond motifs is 1. The Balaban J connectivity index is 1.41. The summed E-state index contributed by atoms with van der Waals surface area (Å²) >= 11 is 5.98. The first kappa shape index (κ1) is 22.3. The third-order valence-corrected chi connectivity index (χ3v) is 7.42. The van der Waals surface area contributed by atoms with Crippen molar-refractivity contribution < 1.29 is 4.39 Å². The molecular weight excluding hydrogens is 403 g/mol. The van der Waals surface area contributed by atoms with Gasteiger partial charge in [0.05, 0.1) is 0 Å². The number of hydrogen-bond acceptors (Lipinski definition) is 0. The standard InChI is InChI=1S/C29H34ClF/c1-2-3-4-5-6-7-21-8-10-22(11-9-21)24-14-18-28-25(20-24)15-19-27(29(28)31)23-12-16-26(30)17-13-23/h12-22H,2-11H2,1H3/t21-,22-. The van der Waals surface area contributed by atoms with E-state index in [1.807, 2.05) is 36.4 Å². The van der Waals surface area contributed by atoms with E-state index in [-0.39, 0.29) is 5.82 Å². The topological polar surface area (TPSA) is 0 Å². The van der Waals surface area contributed by atoms with Gasteiger partial charge in [-0.25, -0.2) is 4.39 Å². The Morgan fingerprint density at radius 2 is 1.58 bits per heavy atom. The molecule has 0 saturated heterocycles. The molecule has 31 heavy (non-hydrogen) atoms. The summed E-state index contributed by atoms with van der Waals surface area (Å²) in [4.78, 5) is 0. The quantitative estimate of drug-likeness (QED) is 0.308. The fraction of sp³-hybridized carbons (Fsp3) is 0.448. The fourth-order valence-electron chi connectivity index (χ4n) is 5.24. The van der Waals surface area contributed by atoms with Crippen molar-refractivity contribution in [3.05, 3.63) is 71.0 Å². The van der Waals surface area contributed by atoms with Gasteiger partial charge in [0.1, 0.15) is 5.82 Å². The minimum Gasteiger partial charge on any atom is -0.206 e. The molecule has 1 aliphatic rings. The van der Waals surface area contributed by atoms with Crippen molar-refractivity contribution >= 4 is 22.4 Å². The minimum absolute atomic E-state index is 0.141. The Kier molecular flexibility index (Phi) is 7.67. The van der Waals surface area contributed by atoms with Crippen LogP contribution < -0.4 is 0 Å². The lowest BCUT2D eigenvalue weighted by Gasteiger charge is -2.29. The molecule has 2 heteroatoms. The molecule has 3 aromatic rings. The highest BCUT2D eigenvalue weighted by Crippen LogP contribution is 2.39. The smallest absolute Gasteiger partial charge is 0.138 e. The highest BCUT2D eigenvalue weighted by atomic mass is 35.5. The second kappa shape index (κ2) is 10.6. The maximum absolute atomic E-state index is 15.2. The van der Waals surface area contributed by atoms with Gasteiger partial charge >= 0.3 is 0 Å². The Morgan fingerprint density at radius 3 is 2.32 bits per heavy atom. The van der Waals surface area contributed by atoms with Crippen LogP contribution in [0.3, 0.4) is 0 Å². The molecule has 1 fully saturated rings. The van der Waals surface area contributed by atoms with Gasteiger partial charge in [-0.3, -0.25) is 0 Å². The van der Waals surface area contributed by atoms with Crippen LogP contribution in [0.5, 0.6) is 0 Å². The average molecular weight is 437 g/mol. The largest absolute Gasteiger partial charge is 0.206 e. The normalized spacial score (nSPS) is 19.1. The molecule has 0 atom stereocenters. The summed E-state index contributed by atoms with van der Waals surface area (Å²) in [5.74, 6) is 1.40. The first-order valence-electron chi connectivity index (χ1n) is 12.1. The molecule has 0 N–H and O–H groups in total. The van der Waals surface area contributed by atoms with Crippen LogP contribution >= 0.6 is 11.6 Å². The van der Waals surface area contributed by atoms with Gasteiger partial charge in [0.25, 0.3) is 0 Å². The van der Waals surface area contributed by atoms with Crippen molar-refractivity contribution in [1.82, 2.24) is 0 Å². The first-order valence-corrected chi connectivity index (χ1v) is 12.5. The van der Waals surface area contributed by atoms with Crippen molar-refractivity contribution in [3.8, 4) is 11.1 Å². The molecule has 0 nitrogen and oxygen atoms in total. The lowest BCUT2D eigenvalue weighted by Crippen LogP contribution is -2.13. The fourth-order valence-corrected chi connectivity index (χ4v) is 5.36. The van der Waals surface area contributed by atoms with E-state index >= 15 is 4.39 Å². The van der Waals surface area contributed by atoms with Gasteiger partial charge in [-0.2, -0.15) is 0 Å². The predicted molar refractivity (Wildman–Crippen MR) is 132 cm³/mol. The Morgan fingerprint density at radius 1 is 0.839 bits per heavy atom. The van der Waals surface area contributed by atoms with Crippen molar-refractivity contribution in [2.75, 3.05) is 0 Å². The van der Waals surface area contributed by atoms with E-state index in [1.165, 1.54) is 69.8 Å². The molecule has 0 unspecified atom stereocenters. The summed E-state index contributed by atoms with van der Waals surface area (Å²) in [7, 11) is 0. The van der Waals surface area contributed by atoms with Crippen molar-refractivity contribution in [3.63, 3.8) is 0 Å². The summed E-state index contributed by atoms with van der Waals surface area (Å²) in [6.45, 7) is 2.28. The number of benzene rings is 3. The van der Waals surface area contributed by atoms with E-state index < -0.39 is 0 Å².